The topological polar surface area (TPSA) is 157 Å². The van der Waals surface area contributed by atoms with Gasteiger partial charge in [-0.1, -0.05) is 32.4 Å². The highest BCUT2D eigenvalue weighted by atomic mass is 32.2. The first-order chi connectivity index (χ1) is 33.2. The van der Waals surface area contributed by atoms with Crippen LogP contribution in [0, 0.1) is 11.3 Å². The number of methoxy groups -OCH3 is 3. The number of carbonyl (C=O) groups excluding carboxylic acids is 3. The third kappa shape index (κ3) is 7.31. The molecular weight excluding hydrogens is 895 g/mol. The molecule has 1 unspecified atom stereocenters. The van der Waals surface area contributed by atoms with Gasteiger partial charge in [0, 0.05) is 95.8 Å². The number of anilines is 1. The molecule has 1 aromatic heterocycles. The summed E-state index contributed by atoms with van der Waals surface area (Å²) >= 11 is 1.88. The second-order valence-electron chi connectivity index (χ2n) is 21.5. The van der Waals surface area contributed by atoms with Crippen molar-refractivity contribution in [2.24, 2.45) is 11.3 Å². The molecule has 1 saturated carbocycles. The molecule has 3 N–H and O–H groups in total. The third-order valence-corrected chi connectivity index (χ3v) is 19.1. The molecule has 0 amide bonds. The summed E-state index contributed by atoms with van der Waals surface area (Å²) in [6.45, 7) is 12.2. The van der Waals surface area contributed by atoms with E-state index in [-0.39, 0.29) is 12.0 Å². The van der Waals surface area contributed by atoms with Gasteiger partial charge in [0.2, 0.25) is 5.60 Å². The van der Waals surface area contributed by atoms with Crippen LogP contribution in [-0.4, -0.2) is 164 Å². The fraction of sp³-hybridized carbons (Fsp3) is 0.648. The maximum atomic E-state index is 15.7. The van der Waals surface area contributed by atoms with Crippen LogP contribution in [0.5, 0.6) is 5.75 Å². The second-order valence-corrected chi connectivity index (χ2v) is 22.6. The van der Waals surface area contributed by atoms with Crippen LogP contribution in [0.15, 0.2) is 47.4 Å². The molecule has 14 nitrogen and oxygen atoms in total. The number of fused-ring (bicyclic) bond motifs is 6. The van der Waals surface area contributed by atoms with E-state index in [0.717, 1.165) is 52.1 Å². The summed E-state index contributed by atoms with van der Waals surface area (Å²) < 4.78 is 24.3. The number of esters is 3. The van der Waals surface area contributed by atoms with Gasteiger partial charge in [-0.25, -0.2) is 4.79 Å². The summed E-state index contributed by atoms with van der Waals surface area (Å²) in [5.41, 5.74) is -1.60. The normalized spacial score (nSPS) is 35.0. The summed E-state index contributed by atoms with van der Waals surface area (Å²) in [6.07, 6.45) is 11.0. The number of aliphatic hydroxyl groups is 2. The summed E-state index contributed by atoms with van der Waals surface area (Å²) in [4.78, 5) is 57.8. The smallest absolute Gasteiger partial charge is 0.344 e. The van der Waals surface area contributed by atoms with Gasteiger partial charge in [0.05, 0.1) is 33.0 Å². The summed E-state index contributed by atoms with van der Waals surface area (Å²) in [6, 6.07) is 9.50. The zero-order valence-corrected chi connectivity index (χ0v) is 42.6. The molecule has 3 saturated heterocycles. The largest absolute Gasteiger partial charge is 0.496 e. The van der Waals surface area contributed by atoms with Crippen LogP contribution in [-0.2, 0) is 45.8 Å². The number of thioether (sulfide) groups is 1. The Hall–Kier alpha value is -4.12. The lowest BCUT2D eigenvalue weighted by atomic mass is 9.47. The molecule has 10 atom stereocenters. The third-order valence-electron chi connectivity index (χ3n) is 18.0. The Balaban J connectivity index is 1.19. The van der Waals surface area contributed by atoms with Gasteiger partial charge in [-0.15, -0.1) is 11.8 Å². The van der Waals surface area contributed by atoms with Gasteiger partial charge in [0.25, 0.3) is 0 Å². The number of nitrogens with zero attached hydrogens (tertiary/aromatic N) is 4. The van der Waals surface area contributed by atoms with Gasteiger partial charge in [0.1, 0.15) is 11.2 Å². The van der Waals surface area contributed by atoms with E-state index in [1.807, 2.05) is 43.6 Å². The molecule has 7 heterocycles. The highest BCUT2D eigenvalue weighted by molar-refractivity contribution is 7.99. The first-order valence-electron chi connectivity index (χ1n) is 25.6. The van der Waals surface area contributed by atoms with Crippen LogP contribution < -0.4 is 9.64 Å². The number of likely N-dealkylation sites (N-methyl/N-ethyl adjacent to an activating group) is 1. The summed E-state index contributed by atoms with van der Waals surface area (Å²) in [7, 11) is 6.23. The van der Waals surface area contributed by atoms with Crippen LogP contribution in [0.4, 0.5) is 5.69 Å². The van der Waals surface area contributed by atoms with E-state index in [4.69, 9.17) is 18.9 Å². The lowest BCUT2D eigenvalue weighted by molar-refractivity contribution is -0.228. The molecule has 2 bridgehead atoms. The number of rotatable bonds is 12. The molecule has 1 aliphatic carbocycles. The summed E-state index contributed by atoms with van der Waals surface area (Å²) in [5.74, 6) is -0.538. The van der Waals surface area contributed by atoms with E-state index in [0.29, 0.717) is 82.6 Å². The van der Waals surface area contributed by atoms with E-state index in [1.54, 1.807) is 7.11 Å². The highest BCUT2D eigenvalue weighted by Gasteiger charge is 2.80. The first-order valence-corrected chi connectivity index (χ1v) is 26.6. The molecule has 7 aliphatic rings. The quantitative estimate of drug-likeness (QED) is 0.0643. The number of carbonyl (C=O) groups is 3. The number of ether oxygens (including phenoxy) is 4. The van der Waals surface area contributed by atoms with Gasteiger partial charge in [-0.3, -0.25) is 19.4 Å². The maximum absolute atomic E-state index is 15.7. The number of aromatic amines is 1. The van der Waals surface area contributed by atoms with Crippen molar-refractivity contribution >= 4 is 46.3 Å². The predicted octanol–water partition coefficient (Wildman–Crippen LogP) is 5.96. The zero-order valence-electron chi connectivity index (χ0n) is 41.7. The van der Waals surface area contributed by atoms with Gasteiger partial charge < -0.3 is 43.9 Å². The van der Waals surface area contributed by atoms with E-state index >= 15 is 4.79 Å². The van der Waals surface area contributed by atoms with Crippen molar-refractivity contribution in [1.29, 1.82) is 0 Å². The monoisotopic (exact) mass is 968 g/mol. The van der Waals surface area contributed by atoms with E-state index < -0.39 is 57.5 Å². The molecule has 10 rings (SSSR count). The first kappa shape index (κ1) is 48.5. The Kier molecular flexibility index (Phi) is 12.8. The number of likely N-dealkylation sites (tertiary alicyclic amines) is 1. The lowest BCUT2D eigenvalue weighted by Gasteiger charge is -2.63. The number of hydrogen-bond donors (Lipinski definition) is 3. The van der Waals surface area contributed by atoms with Crippen LogP contribution in [0.3, 0.4) is 0 Å². The molecule has 3 aromatic rings. The standard InChI is InChI=1S/C54H73N5O9S/c1-8-50(63)30-35-31-53(48(61)66-6,44-37(17-24-58(32-35)33-50)38-27-36(15-16-41(38)55-44)69-26-14-22-57-20-11-10-12-21-57)40-28-39-42(29-43(40)65-5)56(4)46-52(39)19-25-59-23-13-18-51(9-2,45(52)59)47(68-34(3)60)54(46,64)49(62)67-7/h13,15-16,18,27-29,35,45-47,55,63-64H,8-12,14,17,19-26,30-33H2,1-7H3/t35-,45+,46-,47-,50+,51-,52-,53+,54+/m1/s1. The van der Waals surface area contributed by atoms with Crippen molar-refractivity contribution in [3.05, 3.63) is 64.9 Å². The second kappa shape index (κ2) is 18.2. The van der Waals surface area contributed by atoms with Crippen molar-refractivity contribution in [3.8, 4) is 5.75 Å². The Labute approximate surface area is 411 Å². The number of H-pyrrole nitrogens is 1. The van der Waals surface area contributed by atoms with E-state index in [2.05, 4.69) is 56.1 Å². The van der Waals surface area contributed by atoms with Crippen LogP contribution >= 0.6 is 11.8 Å². The minimum atomic E-state index is -2.31. The number of nitrogens with one attached hydrogen (secondary N) is 1. The zero-order chi connectivity index (χ0) is 48.7. The fourth-order valence-electron chi connectivity index (χ4n) is 15.3. The van der Waals surface area contributed by atoms with Crippen molar-refractivity contribution in [1.82, 2.24) is 19.7 Å². The van der Waals surface area contributed by atoms with Gasteiger partial charge in [-0.05, 0) is 131 Å². The molecular formula is C54H73N5O9S. The molecule has 2 aromatic carbocycles. The van der Waals surface area contributed by atoms with Crippen molar-refractivity contribution in [2.45, 2.75) is 130 Å². The maximum Gasteiger partial charge on any atom is 0.344 e. The predicted molar refractivity (Wildman–Crippen MR) is 266 cm³/mol. The number of benzene rings is 2. The number of hydrogen-bond acceptors (Lipinski definition) is 14. The fourth-order valence-corrected chi connectivity index (χ4v) is 16.2. The Morgan fingerprint density at radius 3 is 2.41 bits per heavy atom. The molecule has 69 heavy (non-hydrogen) atoms. The minimum absolute atomic E-state index is 0.112. The van der Waals surface area contributed by atoms with Crippen LogP contribution in [0.25, 0.3) is 10.9 Å². The van der Waals surface area contributed by atoms with Gasteiger partial charge >= 0.3 is 17.9 Å². The average Bonchev–Trinajstić information content (AvgIpc) is 4.01. The highest BCUT2D eigenvalue weighted by Crippen LogP contribution is 2.68. The minimum Gasteiger partial charge on any atom is -0.496 e. The molecule has 374 valence electrons. The van der Waals surface area contributed by atoms with Crippen LogP contribution in [0.1, 0.15) is 101 Å². The number of aromatic nitrogens is 1. The average molecular weight is 968 g/mol. The van der Waals surface area contributed by atoms with Crippen molar-refractivity contribution in [3.63, 3.8) is 0 Å². The Morgan fingerprint density at radius 1 is 0.913 bits per heavy atom. The van der Waals surface area contributed by atoms with Gasteiger partial charge in [-0.2, -0.15) is 0 Å². The Bertz CT molecular complexity index is 2530. The molecule has 4 fully saturated rings. The van der Waals surface area contributed by atoms with E-state index in [9.17, 15) is 19.8 Å². The van der Waals surface area contributed by atoms with Crippen molar-refractivity contribution in [2.75, 3.05) is 91.4 Å². The van der Waals surface area contributed by atoms with Gasteiger partial charge in [0.15, 0.2) is 6.10 Å². The SMILES string of the molecule is CC[C@]1(O)C[C@H]2CN(CCc3c([nH]c4ccc(SCCCN5CCCCC5)cc34)[C@@](C(=O)OC)(c3cc4c(cc3OC)N(C)[C@H]3[C@@](O)(C(=O)OC)[C@H](OC(C)=O)[C@]5(CC)C=CCN6CC[C@]43[C@@H]65)C2)C1. The number of piperidine rings is 2. The van der Waals surface area contributed by atoms with Crippen LogP contribution in [0.2, 0.25) is 0 Å². The Morgan fingerprint density at radius 2 is 1.70 bits per heavy atom. The summed E-state index contributed by atoms with van der Waals surface area (Å²) in [5, 5.41) is 26.7. The molecule has 0 radical (unpaired) electrons. The molecule has 1 spiro atoms. The lowest BCUT2D eigenvalue weighted by Crippen LogP contribution is -2.81. The molecule has 6 aliphatic heterocycles. The van der Waals surface area contributed by atoms with Crippen molar-refractivity contribution < 1.29 is 43.5 Å². The van der Waals surface area contributed by atoms with E-state index in [1.165, 1.54) is 58.4 Å². The molecule has 15 heteroatoms.